The van der Waals surface area contributed by atoms with Crippen LogP contribution in [0.1, 0.15) is 16.2 Å². The Hall–Kier alpha value is -2.15. The summed E-state index contributed by atoms with van der Waals surface area (Å²) in [5, 5.41) is 0.939. The zero-order chi connectivity index (χ0) is 15.5. The topological polar surface area (TPSA) is 58.6 Å². The molecule has 116 valence electrons. The SMILES string of the molecule is COc1ccc(C(=O)N2CCN(c3nc(C)ns3)CC2)cc1. The molecule has 6 nitrogen and oxygen atoms in total. The Morgan fingerprint density at radius 2 is 1.86 bits per heavy atom. The number of anilines is 1. The van der Waals surface area contributed by atoms with E-state index < -0.39 is 0 Å². The summed E-state index contributed by atoms with van der Waals surface area (Å²) in [6.45, 7) is 4.86. The lowest BCUT2D eigenvalue weighted by Crippen LogP contribution is -2.48. The molecule has 0 saturated carbocycles. The number of aromatic nitrogens is 2. The Bertz CT molecular complexity index is 648. The molecule has 2 heterocycles. The fourth-order valence-electron chi connectivity index (χ4n) is 2.43. The molecule has 0 N–H and O–H groups in total. The lowest BCUT2D eigenvalue weighted by atomic mass is 10.1. The lowest BCUT2D eigenvalue weighted by Gasteiger charge is -2.34. The summed E-state index contributed by atoms with van der Waals surface area (Å²) in [7, 11) is 1.62. The summed E-state index contributed by atoms with van der Waals surface area (Å²) >= 11 is 1.41. The molecule has 0 atom stereocenters. The number of piperazine rings is 1. The number of hydrogen-bond acceptors (Lipinski definition) is 6. The lowest BCUT2D eigenvalue weighted by molar-refractivity contribution is 0.0746. The molecular weight excluding hydrogens is 300 g/mol. The molecule has 1 aromatic heterocycles. The van der Waals surface area contributed by atoms with E-state index >= 15 is 0 Å². The van der Waals surface area contributed by atoms with Gasteiger partial charge in [0.2, 0.25) is 5.13 Å². The van der Waals surface area contributed by atoms with Crippen molar-refractivity contribution in [1.82, 2.24) is 14.3 Å². The number of hydrogen-bond donors (Lipinski definition) is 0. The molecular formula is C15H18N4O2S. The highest BCUT2D eigenvalue weighted by atomic mass is 32.1. The smallest absolute Gasteiger partial charge is 0.253 e. The number of methoxy groups -OCH3 is 1. The Balaban J connectivity index is 1.61. The number of ether oxygens (including phenoxy) is 1. The van der Waals surface area contributed by atoms with Crippen LogP contribution in [0.4, 0.5) is 5.13 Å². The molecule has 1 aromatic carbocycles. The summed E-state index contributed by atoms with van der Waals surface area (Å²) in [5.74, 6) is 1.63. The van der Waals surface area contributed by atoms with E-state index in [0.29, 0.717) is 18.7 Å². The molecule has 1 fully saturated rings. The van der Waals surface area contributed by atoms with Gasteiger partial charge in [0.1, 0.15) is 11.6 Å². The zero-order valence-corrected chi connectivity index (χ0v) is 13.5. The predicted octanol–water partition coefficient (Wildman–Crippen LogP) is 1.82. The molecule has 1 aliphatic heterocycles. The third kappa shape index (κ3) is 3.04. The van der Waals surface area contributed by atoms with Crippen molar-refractivity contribution >= 4 is 22.6 Å². The molecule has 0 radical (unpaired) electrons. The van der Waals surface area contributed by atoms with Crippen LogP contribution in [-0.4, -0.2) is 53.5 Å². The van der Waals surface area contributed by atoms with Gasteiger partial charge in [0.25, 0.3) is 5.91 Å². The maximum atomic E-state index is 12.5. The van der Waals surface area contributed by atoms with E-state index in [0.717, 1.165) is 29.8 Å². The van der Waals surface area contributed by atoms with Gasteiger partial charge in [-0.25, -0.2) is 4.98 Å². The molecule has 2 aromatic rings. The Morgan fingerprint density at radius 1 is 1.18 bits per heavy atom. The van der Waals surface area contributed by atoms with Crippen molar-refractivity contribution in [3.63, 3.8) is 0 Å². The van der Waals surface area contributed by atoms with E-state index in [1.54, 1.807) is 7.11 Å². The first-order valence-electron chi connectivity index (χ1n) is 7.16. The average Bonchev–Trinajstić information content (AvgIpc) is 3.01. The summed E-state index contributed by atoms with van der Waals surface area (Å²) in [6, 6.07) is 7.24. The highest BCUT2D eigenvalue weighted by Crippen LogP contribution is 2.20. The number of amides is 1. The second-order valence-electron chi connectivity index (χ2n) is 5.13. The second kappa shape index (κ2) is 6.31. The Morgan fingerprint density at radius 3 is 2.41 bits per heavy atom. The van der Waals surface area contributed by atoms with Gasteiger partial charge in [-0.15, -0.1) is 0 Å². The summed E-state index contributed by atoms with van der Waals surface area (Å²) < 4.78 is 9.32. The minimum Gasteiger partial charge on any atom is -0.497 e. The van der Waals surface area contributed by atoms with Gasteiger partial charge in [0, 0.05) is 43.3 Å². The van der Waals surface area contributed by atoms with Gasteiger partial charge in [-0.3, -0.25) is 4.79 Å². The van der Waals surface area contributed by atoms with Crippen LogP contribution in [0.25, 0.3) is 0 Å². The standard InChI is InChI=1S/C15H18N4O2S/c1-11-16-15(22-17-11)19-9-7-18(8-10-19)14(20)12-3-5-13(21-2)6-4-12/h3-6H,7-10H2,1-2H3. The van der Waals surface area contributed by atoms with E-state index in [2.05, 4.69) is 14.3 Å². The first-order valence-corrected chi connectivity index (χ1v) is 7.93. The molecule has 0 bridgehead atoms. The Kier molecular flexibility index (Phi) is 4.24. The van der Waals surface area contributed by atoms with Crippen molar-refractivity contribution in [1.29, 1.82) is 0 Å². The van der Waals surface area contributed by atoms with Crippen molar-refractivity contribution in [2.45, 2.75) is 6.92 Å². The van der Waals surface area contributed by atoms with Gasteiger partial charge in [0.15, 0.2) is 0 Å². The van der Waals surface area contributed by atoms with Crippen molar-refractivity contribution in [2.75, 3.05) is 38.2 Å². The van der Waals surface area contributed by atoms with Gasteiger partial charge >= 0.3 is 0 Å². The van der Waals surface area contributed by atoms with E-state index in [1.165, 1.54) is 11.5 Å². The molecule has 7 heteroatoms. The molecule has 1 saturated heterocycles. The molecule has 1 aliphatic rings. The maximum absolute atomic E-state index is 12.5. The molecule has 0 unspecified atom stereocenters. The maximum Gasteiger partial charge on any atom is 0.253 e. The first-order chi connectivity index (χ1) is 10.7. The summed E-state index contributed by atoms with van der Waals surface area (Å²) in [4.78, 5) is 20.9. The monoisotopic (exact) mass is 318 g/mol. The summed E-state index contributed by atoms with van der Waals surface area (Å²) in [5.41, 5.74) is 0.695. The highest BCUT2D eigenvalue weighted by molar-refractivity contribution is 7.09. The van der Waals surface area contributed by atoms with Gasteiger partial charge in [-0.2, -0.15) is 4.37 Å². The molecule has 1 amide bonds. The third-order valence-corrected chi connectivity index (χ3v) is 4.56. The van der Waals surface area contributed by atoms with Crippen molar-refractivity contribution in [3.05, 3.63) is 35.7 Å². The Labute approximate surface area is 133 Å². The fraction of sp³-hybridized carbons (Fsp3) is 0.400. The van der Waals surface area contributed by atoms with E-state index in [4.69, 9.17) is 4.74 Å². The van der Waals surface area contributed by atoms with Crippen LogP contribution in [0, 0.1) is 6.92 Å². The predicted molar refractivity (Wildman–Crippen MR) is 85.8 cm³/mol. The molecule has 3 rings (SSSR count). The number of carbonyl (C=O) groups excluding carboxylic acids is 1. The molecule has 22 heavy (non-hydrogen) atoms. The number of nitrogens with zero attached hydrogens (tertiary/aromatic N) is 4. The highest BCUT2D eigenvalue weighted by Gasteiger charge is 2.23. The van der Waals surface area contributed by atoms with Gasteiger partial charge in [0.05, 0.1) is 7.11 Å². The van der Waals surface area contributed by atoms with Crippen LogP contribution in [0.3, 0.4) is 0 Å². The minimum absolute atomic E-state index is 0.0655. The number of benzene rings is 1. The van der Waals surface area contributed by atoms with E-state index in [-0.39, 0.29) is 5.91 Å². The van der Waals surface area contributed by atoms with Gasteiger partial charge in [-0.05, 0) is 31.2 Å². The summed E-state index contributed by atoms with van der Waals surface area (Å²) in [6.07, 6.45) is 0. The van der Waals surface area contributed by atoms with Crippen molar-refractivity contribution in [3.8, 4) is 5.75 Å². The number of carbonyl (C=O) groups is 1. The van der Waals surface area contributed by atoms with Crippen molar-refractivity contribution in [2.24, 2.45) is 0 Å². The average molecular weight is 318 g/mol. The molecule has 0 spiro atoms. The normalized spacial score (nSPS) is 15.0. The quantitative estimate of drug-likeness (QED) is 0.864. The van der Waals surface area contributed by atoms with Crippen LogP contribution >= 0.6 is 11.5 Å². The van der Waals surface area contributed by atoms with Crippen molar-refractivity contribution < 1.29 is 9.53 Å². The van der Waals surface area contributed by atoms with Crippen LogP contribution < -0.4 is 9.64 Å². The third-order valence-electron chi connectivity index (χ3n) is 3.69. The van der Waals surface area contributed by atoms with Crippen LogP contribution in [0.5, 0.6) is 5.75 Å². The van der Waals surface area contributed by atoms with Gasteiger partial charge < -0.3 is 14.5 Å². The van der Waals surface area contributed by atoms with Crippen LogP contribution in [-0.2, 0) is 0 Å². The fourth-order valence-corrected chi connectivity index (χ4v) is 3.16. The van der Waals surface area contributed by atoms with E-state index in [9.17, 15) is 4.79 Å². The first kappa shape index (κ1) is 14.8. The number of aryl methyl sites for hydroxylation is 1. The zero-order valence-electron chi connectivity index (χ0n) is 12.7. The molecule has 0 aliphatic carbocycles. The van der Waals surface area contributed by atoms with Gasteiger partial charge in [-0.1, -0.05) is 0 Å². The minimum atomic E-state index is 0.0655. The largest absolute Gasteiger partial charge is 0.497 e. The van der Waals surface area contributed by atoms with E-state index in [1.807, 2.05) is 36.1 Å². The second-order valence-corrected chi connectivity index (χ2v) is 5.86. The van der Waals surface area contributed by atoms with Crippen LogP contribution in [0.2, 0.25) is 0 Å². The number of rotatable bonds is 3. The van der Waals surface area contributed by atoms with Crippen LogP contribution in [0.15, 0.2) is 24.3 Å².